The average Bonchev–Trinajstić information content (AvgIpc) is 2.89. The van der Waals surface area contributed by atoms with E-state index in [1.807, 2.05) is 0 Å². The number of guanidine groups is 2. The van der Waals surface area contributed by atoms with Crippen LogP contribution in [0.15, 0.2) is 60.9 Å². The molecule has 5 rings (SSSR count). The number of likely N-dealkylation sites (tertiary alicyclic amines) is 2. The monoisotopic (exact) mass is 544 g/mol. The van der Waals surface area contributed by atoms with Gasteiger partial charge in [-0.05, 0) is 48.5 Å². The minimum absolute atomic E-state index is 0.0245. The van der Waals surface area contributed by atoms with E-state index in [4.69, 9.17) is 31.8 Å². The van der Waals surface area contributed by atoms with Crippen LogP contribution in [-0.2, 0) is 0 Å². The van der Waals surface area contributed by atoms with Gasteiger partial charge in [0, 0.05) is 17.4 Å². The molecule has 2 saturated heterocycles. The van der Waals surface area contributed by atoms with E-state index in [1.54, 1.807) is 58.3 Å². The lowest BCUT2D eigenvalue weighted by atomic mass is 10.2. The maximum Gasteiger partial charge on any atom is 0.274 e. The lowest BCUT2D eigenvalue weighted by molar-refractivity contribution is 0.0663. The summed E-state index contributed by atoms with van der Waals surface area (Å²) in [5, 5.41) is 20.2. The standard InChI is InChI=1S/C26H28N10O4/c27-25(28)35-10-19(11-35)39-17-5-1-15(2-6-17)33-23(37)21-9-22(32-14-31-21)24(38)34-16-3-7-18(8-4-16)40-20-12-36(13-20)26(29)30/h1-9,14,19-20H,10-13H2,(H3,27,28)(H3,29,30)(H,33,37)(H,34,38). The lowest BCUT2D eigenvalue weighted by Crippen LogP contribution is -2.58. The van der Waals surface area contributed by atoms with Crippen LogP contribution < -0.4 is 31.6 Å². The summed E-state index contributed by atoms with van der Waals surface area (Å²) in [6, 6.07) is 15.0. The molecule has 0 unspecified atom stereocenters. The molecule has 1 aromatic heterocycles. The Hall–Kier alpha value is -5.40. The molecule has 3 heterocycles. The summed E-state index contributed by atoms with van der Waals surface area (Å²) in [4.78, 5) is 36.9. The van der Waals surface area contributed by atoms with Crippen LogP contribution in [0.1, 0.15) is 21.0 Å². The van der Waals surface area contributed by atoms with Gasteiger partial charge in [-0.2, -0.15) is 0 Å². The van der Waals surface area contributed by atoms with E-state index in [0.29, 0.717) is 49.1 Å². The minimum atomic E-state index is -0.498. The first kappa shape index (κ1) is 26.2. The Morgan fingerprint density at radius 3 is 1.45 bits per heavy atom. The van der Waals surface area contributed by atoms with Gasteiger partial charge in [-0.1, -0.05) is 0 Å². The number of ether oxygens (including phenoxy) is 2. The topological polar surface area (TPSA) is 209 Å². The number of rotatable bonds is 8. The molecule has 206 valence electrons. The van der Waals surface area contributed by atoms with Crippen LogP contribution in [0.25, 0.3) is 0 Å². The van der Waals surface area contributed by atoms with Gasteiger partial charge in [-0.3, -0.25) is 20.4 Å². The Kier molecular flexibility index (Phi) is 7.31. The van der Waals surface area contributed by atoms with Crippen molar-refractivity contribution < 1.29 is 19.1 Å². The molecule has 0 atom stereocenters. The highest BCUT2D eigenvalue weighted by molar-refractivity contribution is 6.06. The summed E-state index contributed by atoms with van der Waals surface area (Å²) in [6.45, 7) is 2.22. The molecule has 2 aliphatic heterocycles. The summed E-state index contributed by atoms with van der Waals surface area (Å²) in [7, 11) is 0. The third-order valence-electron chi connectivity index (χ3n) is 6.34. The SMILES string of the molecule is N=C(N)N1CC(Oc2ccc(NC(=O)c3cc(C(=O)Nc4ccc(OC5CN(C(=N)N)C5)cc4)ncn3)cc2)C1. The molecule has 2 aromatic carbocycles. The van der Waals surface area contributed by atoms with E-state index in [9.17, 15) is 9.59 Å². The molecule has 3 aromatic rings. The summed E-state index contributed by atoms with van der Waals surface area (Å²) in [6.07, 6.45) is 1.06. The summed E-state index contributed by atoms with van der Waals surface area (Å²) in [5.41, 5.74) is 12.0. The van der Waals surface area contributed by atoms with Gasteiger partial charge in [-0.15, -0.1) is 0 Å². The average molecular weight is 545 g/mol. The predicted octanol–water partition coefficient (Wildman–Crippen LogP) is 0.894. The van der Waals surface area contributed by atoms with Crippen molar-refractivity contribution >= 4 is 35.1 Å². The summed E-state index contributed by atoms with van der Waals surface area (Å²) < 4.78 is 11.6. The van der Waals surface area contributed by atoms with E-state index in [1.165, 1.54) is 6.07 Å². The Bertz CT molecular complexity index is 1310. The molecular weight excluding hydrogens is 516 g/mol. The Morgan fingerprint density at radius 1 is 0.725 bits per heavy atom. The highest BCUT2D eigenvalue weighted by atomic mass is 16.5. The largest absolute Gasteiger partial charge is 0.487 e. The zero-order valence-corrected chi connectivity index (χ0v) is 21.3. The lowest BCUT2D eigenvalue weighted by Gasteiger charge is -2.39. The fourth-order valence-electron chi connectivity index (χ4n) is 4.03. The minimum Gasteiger partial charge on any atom is -0.487 e. The van der Waals surface area contributed by atoms with Gasteiger partial charge >= 0.3 is 0 Å². The first-order chi connectivity index (χ1) is 19.2. The van der Waals surface area contributed by atoms with Crippen molar-refractivity contribution in [3.05, 3.63) is 72.3 Å². The van der Waals surface area contributed by atoms with E-state index >= 15 is 0 Å². The normalized spacial score (nSPS) is 14.9. The second kappa shape index (κ2) is 11.1. The molecule has 2 amide bonds. The van der Waals surface area contributed by atoms with Crippen molar-refractivity contribution in [3.63, 3.8) is 0 Å². The molecule has 0 aliphatic carbocycles. The zero-order chi connectivity index (χ0) is 28.2. The maximum absolute atomic E-state index is 12.7. The molecule has 0 radical (unpaired) electrons. The van der Waals surface area contributed by atoms with Gasteiger partial charge in [0.1, 0.15) is 41.4 Å². The number of anilines is 2. The second-order valence-electron chi connectivity index (χ2n) is 9.31. The van der Waals surface area contributed by atoms with E-state index in [-0.39, 0.29) is 35.5 Å². The van der Waals surface area contributed by atoms with Crippen molar-refractivity contribution in [1.29, 1.82) is 10.8 Å². The number of hydrogen-bond donors (Lipinski definition) is 6. The Labute approximate surface area is 229 Å². The van der Waals surface area contributed by atoms with Gasteiger partial charge in [0.05, 0.1) is 26.2 Å². The highest BCUT2D eigenvalue weighted by Crippen LogP contribution is 2.22. The molecule has 40 heavy (non-hydrogen) atoms. The number of aromatic nitrogens is 2. The highest BCUT2D eigenvalue weighted by Gasteiger charge is 2.30. The van der Waals surface area contributed by atoms with Crippen molar-refractivity contribution in [2.75, 3.05) is 36.8 Å². The molecule has 2 aliphatic rings. The van der Waals surface area contributed by atoms with Gasteiger partial charge in [0.15, 0.2) is 11.9 Å². The van der Waals surface area contributed by atoms with Crippen molar-refractivity contribution in [1.82, 2.24) is 19.8 Å². The molecule has 0 spiro atoms. The molecule has 2 fully saturated rings. The van der Waals surface area contributed by atoms with E-state index in [0.717, 1.165) is 6.33 Å². The Morgan fingerprint density at radius 2 is 1.10 bits per heavy atom. The summed E-state index contributed by atoms with van der Waals surface area (Å²) in [5.74, 6) is 0.320. The third-order valence-corrected chi connectivity index (χ3v) is 6.34. The quantitative estimate of drug-likeness (QED) is 0.174. The molecular formula is C26H28N10O4. The third kappa shape index (κ3) is 6.18. The van der Waals surface area contributed by atoms with Gasteiger partial charge in [0.25, 0.3) is 11.8 Å². The zero-order valence-electron chi connectivity index (χ0n) is 21.3. The smallest absolute Gasteiger partial charge is 0.274 e. The maximum atomic E-state index is 12.7. The van der Waals surface area contributed by atoms with Crippen LogP contribution in [0.4, 0.5) is 11.4 Å². The van der Waals surface area contributed by atoms with Crippen LogP contribution >= 0.6 is 0 Å². The number of benzene rings is 2. The fraction of sp³-hybridized carbons (Fsp3) is 0.231. The number of hydrogen-bond acceptors (Lipinski definition) is 8. The molecule has 8 N–H and O–H groups in total. The van der Waals surface area contributed by atoms with Gasteiger partial charge in [0.2, 0.25) is 0 Å². The number of carbonyl (C=O) groups excluding carboxylic acids is 2. The number of nitrogens with two attached hydrogens (primary N) is 2. The number of amides is 2. The first-order valence-electron chi connectivity index (χ1n) is 12.4. The molecule has 14 heteroatoms. The molecule has 14 nitrogen and oxygen atoms in total. The number of nitrogens with one attached hydrogen (secondary N) is 4. The molecule has 0 bridgehead atoms. The van der Waals surface area contributed by atoms with Crippen molar-refractivity contribution in [2.24, 2.45) is 11.5 Å². The summed E-state index contributed by atoms with van der Waals surface area (Å²) >= 11 is 0. The van der Waals surface area contributed by atoms with Crippen LogP contribution in [0.3, 0.4) is 0 Å². The number of carbonyl (C=O) groups is 2. The van der Waals surface area contributed by atoms with Crippen molar-refractivity contribution in [2.45, 2.75) is 12.2 Å². The van der Waals surface area contributed by atoms with Gasteiger partial charge < -0.3 is 41.4 Å². The van der Waals surface area contributed by atoms with E-state index in [2.05, 4.69) is 20.6 Å². The van der Waals surface area contributed by atoms with Crippen LogP contribution in [-0.4, -0.2) is 81.9 Å². The van der Waals surface area contributed by atoms with Crippen molar-refractivity contribution in [3.8, 4) is 11.5 Å². The van der Waals surface area contributed by atoms with Crippen LogP contribution in [0.2, 0.25) is 0 Å². The molecule has 0 saturated carbocycles. The Balaban J connectivity index is 1.11. The van der Waals surface area contributed by atoms with Crippen LogP contribution in [0, 0.1) is 10.8 Å². The first-order valence-corrected chi connectivity index (χ1v) is 12.4. The van der Waals surface area contributed by atoms with Gasteiger partial charge in [-0.25, -0.2) is 9.97 Å². The van der Waals surface area contributed by atoms with Crippen LogP contribution in [0.5, 0.6) is 11.5 Å². The number of nitrogens with zero attached hydrogens (tertiary/aromatic N) is 4. The predicted molar refractivity (Wildman–Crippen MR) is 147 cm³/mol. The van der Waals surface area contributed by atoms with E-state index < -0.39 is 11.8 Å². The second-order valence-corrected chi connectivity index (χ2v) is 9.31. The fourth-order valence-corrected chi connectivity index (χ4v) is 4.03.